The van der Waals surface area contributed by atoms with Gasteiger partial charge in [-0.15, -0.1) is 0 Å². The van der Waals surface area contributed by atoms with E-state index in [2.05, 4.69) is 15.6 Å². The van der Waals surface area contributed by atoms with E-state index in [4.69, 9.17) is 16.3 Å². The Morgan fingerprint density at radius 2 is 1.79 bits per heavy atom. The number of aromatic nitrogens is 2. The van der Waals surface area contributed by atoms with Crippen molar-refractivity contribution in [2.45, 2.75) is 13.8 Å². The van der Waals surface area contributed by atoms with Crippen molar-refractivity contribution in [3.8, 4) is 11.4 Å². The Hall–Kier alpha value is -4.10. The molecule has 2 aromatic carbocycles. The van der Waals surface area contributed by atoms with Crippen LogP contribution in [-0.4, -0.2) is 28.5 Å². The van der Waals surface area contributed by atoms with Crippen LogP contribution in [0.5, 0.6) is 5.75 Å². The molecule has 2 aromatic heterocycles. The van der Waals surface area contributed by atoms with E-state index in [0.717, 1.165) is 17.1 Å². The molecule has 172 valence electrons. The van der Waals surface area contributed by atoms with E-state index >= 15 is 0 Å². The summed E-state index contributed by atoms with van der Waals surface area (Å²) in [4.78, 5) is 29.5. The highest BCUT2D eigenvalue weighted by Gasteiger charge is 2.18. The number of amides is 2. The van der Waals surface area contributed by atoms with Gasteiger partial charge in [0.25, 0.3) is 11.8 Å². The number of halogens is 1. The molecule has 0 aliphatic rings. The average Bonchev–Trinajstić information content (AvgIpc) is 3.14. The number of nitrogens with zero attached hydrogens (tertiary/aromatic N) is 2. The highest BCUT2D eigenvalue weighted by molar-refractivity contribution is 6.30. The van der Waals surface area contributed by atoms with Crippen LogP contribution in [0.15, 0.2) is 73.1 Å². The molecule has 0 saturated carbocycles. The number of anilines is 2. The SMILES string of the molecule is COc1cc(NC(=O)c2cc(C)n(-c3cccc(Cl)c3)c2C)ccc1NC(=O)c1cccnc1. The van der Waals surface area contributed by atoms with Crippen LogP contribution < -0.4 is 15.4 Å². The van der Waals surface area contributed by atoms with Gasteiger partial charge in [-0.05, 0) is 62.4 Å². The fraction of sp³-hybridized carbons (Fsp3) is 0.115. The highest BCUT2D eigenvalue weighted by atomic mass is 35.5. The van der Waals surface area contributed by atoms with Crippen LogP contribution in [0, 0.1) is 13.8 Å². The summed E-state index contributed by atoms with van der Waals surface area (Å²) in [7, 11) is 1.50. The van der Waals surface area contributed by atoms with Crippen LogP contribution >= 0.6 is 11.6 Å². The van der Waals surface area contributed by atoms with Gasteiger partial charge < -0.3 is 19.9 Å². The van der Waals surface area contributed by atoms with Gasteiger partial charge in [-0.25, -0.2) is 0 Å². The second-order valence-electron chi connectivity index (χ2n) is 7.67. The molecule has 7 nitrogen and oxygen atoms in total. The first-order chi connectivity index (χ1) is 16.4. The molecule has 0 aliphatic carbocycles. The second kappa shape index (κ2) is 9.80. The van der Waals surface area contributed by atoms with Gasteiger partial charge in [0.05, 0.1) is 23.9 Å². The molecule has 0 bridgehead atoms. The Balaban J connectivity index is 1.55. The molecule has 0 fully saturated rings. The monoisotopic (exact) mass is 474 g/mol. The van der Waals surface area contributed by atoms with Gasteiger partial charge >= 0.3 is 0 Å². The Labute approximate surface area is 202 Å². The third-order valence-corrected chi connectivity index (χ3v) is 5.61. The number of pyridine rings is 1. The largest absolute Gasteiger partial charge is 0.494 e. The minimum Gasteiger partial charge on any atom is -0.494 e. The zero-order valence-electron chi connectivity index (χ0n) is 18.9. The lowest BCUT2D eigenvalue weighted by Gasteiger charge is -2.13. The third-order valence-electron chi connectivity index (χ3n) is 5.37. The Bertz CT molecular complexity index is 1370. The van der Waals surface area contributed by atoms with Crippen molar-refractivity contribution in [3.63, 3.8) is 0 Å². The van der Waals surface area contributed by atoms with Crippen LogP contribution in [0.4, 0.5) is 11.4 Å². The maximum absolute atomic E-state index is 13.1. The number of benzene rings is 2. The number of nitrogens with one attached hydrogen (secondary N) is 2. The lowest BCUT2D eigenvalue weighted by atomic mass is 10.2. The molecule has 34 heavy (non-hydrogen) atoms. The molecule has 2 heterocycles. The van der Waals surface area contributed by atoms with Crippen LogP contribution in [0.1, 0.15) is 32.1 Å². The van der Waals surface area contributed by atoms with Gasteiger partial charge in [0, 0.05) is 46.2 Å². The lowest BCUT2D eigenvalue weighted by molar-refractivity contribution is 0.101. The quantitative estimate of drug-likeness (QED) is 0.378. The van der Waals surface area contributed by atoms with Crippen molar-refractivity contribution in [3.05, 3.63) is 101 Å². The van der Waals surface area contributed by atoms with Crippen molar-refractivity contribution in [2.75, 3.05) is 17.7 Å². The summed E-state index contributed by atoms with van der Waals surface area (Å²) >= 11 is 6.15. The predicted octanol–water partition coefficient (Wildman–Crippen LogP) is 5.66. The van der Waals surface area contributed by atoms with Gasteiger partial charge in [-0.2, -0.15) is 0 Å². The normalized spacial score (nSPS) is 10.6. The molecule has 8 heteroatoms. The summed E-state index contributed by atoms with van der Waals surface area (Å²) in [6.07, 6.45) is 3.08. The molecule has 2 N–H and O–H groups in total. The predicted molar refractivity (Wildman–Crippen MR) is 133 cm³/mol. The van der Waals surface area contributed by atoms with E-state index in [1.807, 2.05) is 48.7 Å². The number of ether oxygens (including phenoxy) is 1. The summed E-state index contributed by atoms with van der Waals surface area (Å²) in [6.45, 7) is 3.83. The standard InChI is InChI=1S/C26H23ClN4O3/c1-16-12-22(17(2)31(16)21-8-4-7-19(27)13-21)26(33)29-20-9-10-23(24(14-20)34-3)30-25(32)18-6-5-11-28-15-18/h4-15H,1-3H3,(H,29,33)(H,30,32). The van der Waals surface area contributed by atoms with Gasteiger partial charge in [0.15, 0.2) is 0 Å². The smallest absolute Gasteiger partial charge is 0.257 e. The molecule has 0 saturated heterocycles. The fourth-order valence-corrected chi connectivity index (χ4v) is 3.95. The van der Waals surface area contributed by atoms with E-state index < -0.39 is 0 Å². The molecular weight excluding hydrogens is 452 g/mol. The molecule has 0 spiro atoms. The van der Waals surface area contributed by atoms with Crippen LogP contribution in [0.2, 0.25) is 5.02 Å². The van der Waals surface area contributed by atoms with E-state index in [1.54, 1.807) is 36.5 Å². The zero-order valence-corrected chi connectivity index (χ0v) is 19.7. The van der Waals surface area contributed by atoms with E-state index in [0.29, 0.717) is 33.3 Å². The maximum Gasteiger partial charge on any atom is 0.257 e. The molecule has 2 amide bonds. The minimum absolute atomic E-state index is 0.254. The number of carbonyl (C=O) groups excluding carboxylic acids is 2. The number of hydrogen-bond acceptors (Lipinski definition) is 4. The van der Waals surface area contributed by atoms with Gasteiger partial charge in [-0.1, -0.05) is 17.7 Å². The molecule has 4 rings (SSSR count). The minimum atomic E-state index is -0.309. The second-order valence-corrected chi connectivity index (χ2v) is 8.10. The van der Waals surface area contributed by atoms with Crippen LogP contribution in [-0.2, 0) is 0 Å². The van der Waals surface area contributed by atoms with Gasteiger partial charge in [0.1, 0.15) is 5.75 Å². The Morgan fingerprint density at radius 3 is 2.50 bits per heavy atom. The summed E-state index contributed by atoms with van der Waals surface area (Å²) in [6, 6.07) is 17.7. The van der Waals surface area contributed by atoms with Crippen molar-refractivity contribution in [1.82, 2.24) is 9.55 Å². The first-order valence-corrected chi connectivity index (χ1v) is 10.9. The summed E-state index contributed by atoms with van der Waals surface area (Å²) in [5, 5.41) is 6.33. The first-order valence-electron chi connectivity index (χ1n) is 10.5. The van der Waals surface area contributed by atoms with Crippen LogP contribution in [0.3, 0.4) is 0 Å². The van der Waals surface area contributed by atoms with E-state index in [9.17, 15) is 9.59 Å². The lowest BCUT2D eigenvalue weighted by Crippen LogP contribution is -2.15. The van der Waals surface area contributed by atoms with Crippen molar-refractivity contribution in [1.29, 1.82) is 0 Å². The fourth-order valence-electron chi connectivity index (χ4n) is 3.77. The third kappa shape index (κ3) is 4.79. The number of carbonyl (C=O) groups is 2. The number of hydrogen-bond donors (Lipinski definition) is 2. The number of aryl methyl sites for hydroxylation is 1. The topological polar surface area (TPSA) is 85.2 Å². The maximum atomic E-state index is 13.1. The summed E-state index contributed by atoms with van der Waals surface area (Å²) in [5.41, 5.74) is 4.59. The first kappa shape index (κ1) is 23.1. The Morgan fingerprint density at radius 1 is 0.971 bits per heavy atom. The number of methoxy groups -OCH3 is 1. The Kier molecular flexibility index (Phi) is 6.65. The average molecular weight is 475 g/mol. The summed E-state index contributed by atoms with van der Waals surface area (Å²) < 4.78 is 7.41. The molecule has 4 aromatic rings. The van der Waals surface area contributed by atoms with Crippen LogP contribution in [0.25, 0.3) is 5.69 Å². The van der Waals surface area contributed by atoms with E-state index in [1.165, 1.54) is 13.3 Å². The zero-order chi connectivity index (χ0) is 24.2. The van der Waals surface area contributed by atoms with Crippen molar-refractivity contribution in [2.24, 2.45) is 0 Å². The summed E-state index contributed by atoms with van der Waals surface area (Å²) in [5.74, 6) is -0.147. The van der Waals surface area contributed by atoms with Gasteiger partial charge in [-0.3, -0.25) is 14.6 Å². The van der Waals surface area contributed by atoms with E-state index in [-0.39, 0.29) is 11.8 Å². The molecular formula is C26H23ClN4O3. The van der Waals surface area contributed by atoms with Crippen molar-refractivity contribution >= 4 is 34.8 Å². The van der Waals surface area contributed by atoms with Gasteiger partial charge in [0.2, 0.25) is 0 Å². The van der Waals surface area contributed by atoms with Crippen molar-refractivity contribution < 1.29 is 14.3 Å². The molecule has 0 aliphatic heterocycles. The molecule has 0 unspecified atom stereocenters. The molecule has 0 atom stereocenters. The molecule has 0 radical (unpaired) electrons. The highest BCUT2D eigenvalue weighted by Crippen LogP contribution is 2.29. The number of rotatable bonds is 6.